The number of aliphatic hydroxyl groups is 1. The van der Waals surface area contributed by atoms with Crippen molar-refractivity contribution in [2.75, 3.05) is 0 Å². The van der Waals surface area contributed by atoms with Crippen LogP contribution < -0.4 is 5.73 Å². The number of nitrogens with two attached hydrogens (primary N) is 1. The highest BCUT2D eigenvalue weighted by Gasteiger charge is 2.36. The lowest BCUT2D eigenvalue weighted by Crippen LogP contribution is -2.22. The van der Waals surface area contributed by atoms with Crippen LogP contribution in [-0.4, -0.2) is 22.0 Å². The molecule has 0 aliphatic carbocycles. The molecule has 1 rings (SSSR count). The van der Waals surface area contributed by atoms with Gasteiger partial charge in [-0.3, -0.25) is 14.9 Å². The Hall–Kier alpha value is -2.42. The number of non-ortho nitro benzene ring substituents is 1. The van der Waals surface area contributed by atoms with Crippen molar-refractivity contribution in [2.24, 2.45) is 5.73 Å². The van der Waals surface area contributed by atoms with Gasteiger partial charge in [0.1, 0.15) is 0 Å². The normalized spacial score (nSPS) is 13.8. The van der Waals surface area contributed by atoms with Gasteiger partial charge in [-0.25, -0.2) is 0 Å². The first-order valence-corrected chi connectivity index (χ1v) is 5.61. The summed E-state index contributed by atoms with van der Waals surface area (Å²) >= 11 is 0. The van der Waals surface area contributed by atoms with Crippen LogP contribution in [-0.2, 0) is 4.79 Å². The number of nitro benzene ring substituents is 1. The van der Waals surface area contributed by atoms with Crippen LogP contribution in [0.2, 0.25) is 0 Å². The SMILES string of the molecule is N/C(=C\C(=O)C(F)(F)F)CC(O)c1ccc([N+](=O)[O-])cc1. The number of ketones is 1. The molecule has 1 aromatic carbocycles. The van der Waals surface area contributed by atoms with Gasteiger partial charge in [-0.1, -0.05) is 0 Å². The minimum Gasteiger partial charge on any atom is -0.402 e. The molecule has 0 spiro atoms. The van der Waals surface area contributed by atoms with Crippen LogP contribution in [0.15, 0.2) is 36.0 Å². The number of halogens is 3. The van der Waals surface area contributed by atoms with E-state index in [0.717, 1.165) is 12.1 Å². The van der Waals surface area contributed by atoms with E-state index in [1.54, 1.807) is 0 Å². The molecule has 1 aromatic rings. The lowest BCUT2D eigenvalue weighted by molar-refractivity contribution is -0.384. The summed E-state index contributed by atoms with van der Waals surface area (Å²) in [6.07, 6.45) is -6.50. The van der Waals surface area contributed by atoms with Crippen LogP contribution in [0, 0.1) is 10.1 Å². The van der Waals surface area contributed by atoms with E-state index in [9.17, 15) is 33.2 Å². The monoisotopic (exact) mass is 304 g/mol. The summed E-state index contributed by atoms with van der Waals surface area (Å²) in [5.41, 5.74) is 4.86. The number of nitro groups is 1. The number of alkyl halides is 3. The van der Waals surface area contributed by atoms with Crippen molar-refractivity contribution in [2.45, 2.75) is 18.7 Å². The van der Waals surface area contributed by atoms with Crippen LogP contribution in [0.1, 0.15) is 18.1 Å². The molecule has 0 bridgehead atoms. The van der Waals surface area contributed by atoms with E-state index >= 15 is 0 Å². The quantitative estimate of drug-likeness (QED) is 0.491. The van der Waals surface area contributed by atoms with Crippen LogP contribution in [0.25, 0.3) is 0 Å². The fraction of sp³-hybridized carbons (Fsp3) is 0.250. The smallest absolute Gasteiger partial charge is 0.402 e. The Morgan fingerprint density at radius 1 is 1.38 bits per heavy atom. The molecule has 0 aliphatic rings. The molecule has 1 atom stereocenters. The Kier molecular flexibility index (Phi) is 5.03. The molecular formula is C12H11F3N2O4. The van der Waals surface area contributed by atoms with Crippen molar-refractivity contribution >= 4 is 11.5 Å². The Morgan fingerprint density at radius 2 is 1.90 bits per heavy atom. The Labute approximate surface area is 116 Å². The van der Waals surface area contributed by atoms with Crippen molar-refractivity contribution < 1.29 is 28.0 Å². The highest BCUT2D eigenvalue weighted by Crippen LogP contribution is 2.23. The van der Waals surface area contributed by atoms with Gasteiger partial charge in [-0.05, 0) is 17.7 Å². The van der Waals surface area contributed by atoms with Gasteiger partial charge in [0.05, 0.1) is 11.0 Å². The standard InChI is InChI=1S/C12H11F3N2O4/c13-12(14,15)11(19)6-8(16)5-10(18)7-1-3-9(4-2-7)17(20)21/h1-4,6,10,18H,5,16H2/b8-6-. The lowest BCUT2D eigenvalue weighted by atomic mass is 10.0. The average Bonchev–Trinajstić information content (AvgIpc) is 2.37. The molecule has 1 unspecified atom stereocenters. The minimum atomic E-state index is -5.02. The fourth-order valence-electron chi connectivity index (χ4n) is 1.47. The van der Waals surface area contributed by atoms with Crippen LogP contribution in [0.4, 0.5) is 18.9 Å². The predicted octanol–water partition coefficient (Wildman–Crippen LogP) is 1.99. The number of hydrogen-bond donors (Lipinski definition) is 2. The van der Waals surface area contributed by atoms with Gasteiger partial charge in [-0.2, -0.15) is 13.2 Å². The summed E-state index contributed by atoms with van der Waals surface area (Å²) in [7, 11) is 0. The van der Waals surface area contributed by atoms with Gasteiger partial charge in [-0.15, -0.1) is 0 Å². The van der Waals surface area contributed by atoms with Crippen LogP contribution in [0.5, 0.6) is 0 Å². The maximum Gasteiger partial charge on any atom is 0.454 e. The van der Waals surface area contributed by atoms with Crippen molar-refractivity contribution in [1.29, 1.82) is 0 Å². The third-order valence-corrected chi connectivity index (χ3v) is 2.51. The molecule has 0 aliphatic heterocycles. The zero-order valence-electron chi connectivity index (χ0n) is 10.5. The number of benzene rings is 1. The molecule has 9 heteroatoms. The number of nitrogens with zero attached hydrogens (tertiary/aromatic N) is 1. The molecule has 0 amide bonds. The van der Waals surface area contributed by atoms with Crippen molar-refractivity contribution in [3.8, 4) is 0 Å². The second-order valence-corrected chi connectivity index (χ2v) is 4.15. The van der Waals surface area contributed by atoms with Crippen molar-refractivity contribution in [3.63, 3.8) is 0 Å². The molecule has 0 heterocycles. The number of hydrogen-bond acceptors (Lipinski definition) is 5. The number of allylic oxidation sites excluding steroid dienone is 1. The molecule has 114 valence electrons. The first-order chi connectivity index (χ1) is 9.61. The zero-order chi connectivity index (χ0) is 16.2. The van der Waals surface area contributed by atoms with Gasteiger partial charge in [0.25, 0.3) is 11.5 Å². The zero-order valence-corrected chi connectivity index (χ0v) is 10.5. The van der Waals surface area contributed by atoms with Crippen molar-refractivity contribution in [1.82, 2.24) is 0 Å². The molecule has 0 aromatic heterocycles. The predicted molar refractivity (Wildman–Crippen MR) is 66.0 cm³/mol. The van der Waals surface area contributed by atoms with E-state index in [1.807, 2.05) is 0 Å². The summed E-state index contributed by atoms with van der Waals surface area (Å²) in [4.78, 5) is 20.5. The maximum atomic E-state index is 12.0. The Balaban J connectivity index is 2.76. The van der Waals surface area contributed by atoms with Gasteiger partial charge >= 0.3 is 6.18 Å². The average molecular weight is 304 g/mol. The molecular weight excluding hydrogens is 293 g/mol. The molecule has 21 heavy (non-hydrogen) atoms. The van der Waals surface area contributed by atoms with E-state index < -0.39 is 35.1 Å². The third kappa shape index (κ3) is 4.88. The number of aliphatic hydroxyl groups excluding tert-OH is 1. The molecule has 0 fully saturated rings. The topological polar surface area (TPSA) is 106 Å². The Bertz CT molecular complexity index is 567. The van der Waals surface area contributed by atoms with E-state index in [4.69, 9.17) is 5.73 Å². The largest absolute Gasteiger partial charge is 0.454 e. The molecule has 0 saturated heterocycles. The van der Waals surface area contributed by atoms with Gasteiger partial charge in [0.15, 0.2) is 0 Å². The summed E-state index contributed by atoms with van der Waals surface area (Å²) in [6.45, 7) is 0. The first-order valence-electron chi connectivity index (χ1n) is 5.61. The molecule has 3 N–H and O–H groups in total. The van der Waals surface area contributed by atoms with E-state index in [-0.39, 0.29) is 17.3 Å². The summed E-state index contributed by atoms with van der Waals surface area (Å²) in [6, 6.07) is 4.78. The maximum absolute atomic E-state index is 12.0. The Morgan fingerprint density at radius 3 is 2.33 bits per heavy atom. The van der Waals surface area contributed by atoms with E-state index in [0.29, 0.717) is 0 Å². The van der Waals surface area contributed by atoms with E-state index in [2.05, 4.69) is 0 Å². The highest BCUT2D eigenvalue weighted by atomic mass is 19.4. The number of rotatable bonds is 5. The lowest BCUT2D eigenvalue weighted by Gasteiger charge is -2.11. The van der Waals surface area contributed by atoms with Crippen molar-refractivity contribution in [3.05, 3.63) is 51.7 Å². The molecule has 6 nitrogen and oxygen atoms in total. The van der Waals surface area contributed by atoms with Gasteiger partial charge in [0.2, 0.25) is 0 Å². The number of carbonyl (C=O) groups excluding carboxylic acids is 1. The summed E-state index contributed by atoms with van der Waals surface area (Å²) in [5.74, 6) is -2.11. The summed E-state index contributed by atoms with van der Waals surface area (Å²) < 4.78 is 36.0. The van der Waals surface area contributed by atoms with E-state index in [1.165, 1.54) is 12.1 Å². The fourth-order valence-corrected chi connectivity index (χ4v) is 1.47. The molecule has 0 radical (unpaired) electrons. The second-order valence-electron chi connectivity index (χ2n) is 4.15. The highest BCUT2D eigenvalue weighted by molar-refractivity contribution is 5.94. The minimum absolute atomic E-state index is 0.193. The van der Waals surface area contributed by atoms with Crippen LogP contribution in [0.3, 0.4) is 0 Å². The third-order valence-electron chi connectivity index (χ3n) is 2.51. The summed E-state index contributed by atoms with van der Waals surface area (Å²) in [5, 5.41) is 20.2. The van der Waals surface area contributed by atoms with Crippen LogP contribution >= 0.6 is 0 Å². The number of carbonyl (C=O) groups is 1. The van der Waals surface area contributed by atoms with Gasteiger partial charge in [0, 0.05) is 30.3 Å². The molecule has 0 saturated carbocycles. The van der Waals surface area contributed by atoms with Gasteiger partial charge < -0.3 is 10.8 Å². The first kappa shape index (κ1) is 16.6. The second kappa shape index (κ2) is 6.35.